The number of aromatic nitrogens is 4. The molecular formula is C20H25N5O. The van der Waals surface area contributed by atoms with Gasteiger partial charge in [0.25, 0.3) is 0 Å². The Morgan fingerprint density at radius 2 is 1.92 bits per heavy atom. The van der Waals surface area contributed by atoms with Crippen LogP contribution in [-0.2, 0) is 11.3 Å². The Morgan fingerprint density at radius 1 is 1.12 bits per heavy atom. The molecule has 1 saturated heterocycles. The summed E-state index contributed by atoms with van der Waals surface area (Å²) in [5.41, 5.74) is 3.47. The van der Waals surface area contributed by atoms with Gasteiger partial charge in [-0.05, 0) is 12.5 Å². The lowest BCUT2D eigenvalue weighted by Gasteiger charge is -2.30. The molecule has 3 aromatic rings. The molecule has 1 aromatic carbocycles. The molecule has 0 aliphatic carbocycles. The van der Waals surface area contributed by atoms with Gasteiger partial charge >= 0.3 is 0 Å². The highest BCUT2D eigenvalue weighted by Gasteiger charge is 2.17. The highest BCUT2D eigenvalue weighted by Crippen LogP contribution is 2.23. The number of rotatable bonds is 6. The molecule has 0 saturated carbocycles. The molecule has 1 fully saturated rings. The van der Waals surface area contributed by atoms with Gasteiger partial charge in [-0.1, -0.05) is 30.3 Å². The second-order valence-corrected chi connectivity index (χ2v) is 6.86. The molecule has 1 aliphatic heterocycles. The molecule has 1 aliphatic rings. The topological polar surface area (TPSA) is 48.1 Å². The Kier molecular flexibility index (Phi) is 5.13. The molecule has 0 bridgehead atoms. The second-order valence-electron chi connectivity index (χ2n) is 6.86. The summed E-state index contributed by atoms with van der Waals surface area (Å²) in [6.45, 7) is 7.69. The van der Waals surface area contributed by atoms with E-state index < -0.39 is 0 Å². The van der Waals surface area contributed by atoms with Crippen LogP contribution in [0.15, 0.2) is 55.2 Å². The van der Waals surface area contributed by atoms with E-state index in [1.54, 1.807) is 0 Å². The van der Waals surface area contributed by atoms with Crippen LogP contribution in [0, 0.1) is 0 Å². The summed E-state index contributed by atoms with van der Waals surface area (Å²) in [5, 5.41) is 4.53. The van der Waals surface area contributed by atoms with Crippen molar-refractivity contribution in [3.63, 3.8) is 0 Å². The van der Waals surface area contributed by atoms with Crippen LogP contribution in [0.4, 0.5) is 0 Å². The van der Waals surface area contributed by atoms with Gasteiger partial charge in [-0.25, -0.2) is 4.98 Å². The SMILES string of the molecule is C[C@@H](CN1CCOCC1)n1cncc1-c1cnn(Cc2ccccc2)c1. The molecule has 0 unspecified atom stereocenters. The fourth-order valence-corrected chi connectivity index (χ4v) is 3.48. The lowest BCUT2D eigenvalue weighted by molar-refractivity contribution is 0.0326. The van der Waals surface area contributed by atoms with E-state index in [1.165, 1.54) is 5.56 Å². The minimum absolute atomic E-state index is 0.350. The Bertz CT molecular complexity index is 820. The molecule has 3 heterocycles. The normalized spacial score (nSPS) is 16.7. The van der Waals surface area contributed by atoms with E-state index in [9.17, 15) is 0 Å². The van der Waals surface area contributed by atoms with Crippen LogP contribution in [0.2, 0.25) is 0 Å². The van der Waals surface area contributed by atoms with Crippen molar-refractivity contribution in [2.24, 2.45) is 0 Å². The summed E-state index contributed by atoms with van der Waals surface area (Å²) in [6.07, 6.45) is 7.88. The standard InChI is InChI=1S/C20H25N5O/c1-17(13-23-7-9-26-10-8-23)25-16-21-12-20(25)19-11-22-24(15-19)14-18-5-3-2-4-6-18/h2-6,11-12,15-17H,7-10,13-14H2,1H3/t17-/m0/s1. The molecule has 6 nitrogen and oxygen atoms in total. The van der Waals surface area contributed by atoms with Crippen molar-refractivity contribution in [1.82, 2.24) is 24.2 Å². The number of benzene rings is 1. The molecule has 136 valence electrons. The Hall–Kier alpha value is -2.44. The van der Waals surface area contributed by atoms with Gasteiger partial charge in [0.2, 0.25) is 0 Å². The third-order valence-corrected chi connectivity index (χ3v) is 4.88. The van der Waals surface area contributed by atoms with Crippen LogP contribution in [-0.4, -0.2) is 57.1 Å². The average molecular weight is 351 g/mol. The van der Waals surface area contributed by atoms with Crippen LogP contribution in [0.25, 0.3) is 11.3 Å². The van der Waals surface area contributed by atoms with Crippen molar-refractivity contribution in [3.05, 3.63) is 60.8 Å². The summed E-state index contributed by atoms with van der Waals surface area (Å²) in [4.78, 5) is 6.84. The smallest absolute Gasteiger partial charge is 0.0953 e. The van der Waals surface area contributed by atoms with E-state index >= 15 is 0 Å². The van der Waals surface area contributed by atoms with E-state index in [0.29, 0.717) is 6.04 Å². The predicted octanol–water partition coefficient (Wildman–Crippen LogP) is 2.69. The molecule has 4 rings (SSSR count). The molecule has 0 N–H and O–H groups in total. The van der Waals surface area contributed by atoms with Gasteiger partial charge in [0.1, 0.15) is 0 Å². The van der Waals surface area contributed by atoms with Gasteiger partial charge in [-0.2, -0.15) is 5.10 Å². The van der Waals surface area contributed by atoms with Gasteiger partial charge in [0.15, 0.2) is 0 Å². The lowest BCUT2D eigenvalue weighted by atomic mass is 10.2. The molecule has 26 heavy (non-hydrogen) atoms. The number of hydrogen-bond donors (Lipinski definition) is 0. The maximum Gasteiger partial charge on any atom is 0.0953 e. The summed E-state index contributed by atoms with van der Waals surface area (Å²) in [7, 11) is 0. The average Bonchev–Trinajstić information content (AvgIpc) is 3.32. The van der Waals surface area contributed by atoms with Gasteiger partial charge < -0.3 is 9.30 Å². The maximum atomic E-state index is 5.44. The van der Waals surface area contributed by atoms with Gasteiger partial charge in [-0.15, -0.1) is 0 Å². The molecular weight excluding hydrogens is 326 g/mol. The van der Waals surface area contributed by atoms with Crippen LogP contribution < -0.4 is 0 Å². The van der Waals surface area contributed by atoms with Crippen molar-refractivity contribution in [2.75, 3.05) is 32.8 Å². The second kappa shape index (κ2) is 7.85. The Balaban J connectivity index is 1.48. The monoisotopic (exact) mass is 351 g/mol. The third-order valence-electron chi connectivity index (χ3n) is 4.88. The summed E-state index contributed by atoms with van der Waals surface area (Å²) >= 11 is 0. The minimum Gasteiger partial charge on any atom is -0.379 e. The molecule has 2 aromatic heterocycles. The first-order chi connectivity index (χ1) is 12.8. The number of hydrogen-bond acceptors (Lipinski definition) is 4. The first kappa shape index (κ1) is 17.0. The van der Waals surface area contributed by atoms with Crippen molar-refractivity contribution in [2.45, 2.75) is 19.5 Å². The molecule has 0 amide bonds. The van der Waals surface area contributed by atoms with E-state index in [2.05, 4.69) is 56.9 Å². The van der Waals surface area contributed by atoms with Crippen LogP contribution >= 0.6 is 0 Å². The summed E-state index contributed by atoms with van der Waals surface area (Å²) in [5.74, 6) is 0. The van der Waals surface area contributed by atoms with E-state index in [4.69, 9.17) is 4.74 Å². The van der Waals surface area contributed by atoms with Gasteiger partial charge in [0, 0.05) is 37.4 Å². The Labute approximate surface area is 154 Å². The summed E-state index contributed by atoms with van der Waals surface area (Å²) < 4.78 is 9.67. The zero-order valence-electron chi connectivity index (χ0n) is 15.2. The zero-order chi connectivity index (χ0) is 17.8. The van der Waals surface area contributed by atoms with E-state index in [1.807, 2.05) is 29.5 Å². The van der Waals surface area contributed by atoms with Gasteiger partial charge in [0.05, 0.1) is 44.2 Å². The molecule has 6 heteroatoms. The fourth-order valence-electron chi connectivity index (χ4n) is 3.48. The maximum absolute atomic E-state index is 5.44. The van der Waals surface area contributed by atoms with E-state index in [0.717, 1.165) is 50.7 Å². The lowest BCUT2D eigenvalue weighted by Crippen LogP contribution is -2.39. The minimum atomic E-state index is 0.350. The molecule has 0 spiro atoms. The van der Waals surface area contributed by atoms with Crippen molar-refractivity contribution in [1.29, 1.82) is 0 Å². The number of nitrogens with zero attached hydrogens (tertiary/aromatic N) is 5. The predicted molar refractivity (Wildman–Crippen MR) is 101 cm³/mol. The van der Waals surface area contributed by atoms with Crippen LogP contribution in [0.1, 0.15) is 18.5 Å². The highest BCUT2D eigenvalue weighted by molar-refractivity contribution is 5.56. The van der Waals surface area contributed by atoms with Gasteiger partial charge in [-0.3, -0.25) is 9.58 Å². The molecule has 0 radical (unpaired) electrons. The number of morpholine rings is 1. The van der Waals surface area contributed by atoms with Crippen LogP contribution in [0.5, 0.6) is 0 Å². The van der Waals surface area contributed by atoms with E-state index in [-0.39, 0.29) is 0 Å². The summed E-state index contributed by atoms with van der Waals surface area (Å²) in [6, 6.07) is 10.7. The zero-order valence-corrected chi connectivity index (χ0v) is 15.2. The Morgan fingerprint density at radius 3 is 2.73 bits per heavy atom. The van der Waals surface area contributed by atoms with Crippen molar-refractivity contribution in [3.8, 4) is 11.3 Å². The van der Waals surface area contributed by atoms with Crippen LogP contribution in [0.3, 0.4) is 0 Å². The quantitative estimate of drug-likeness (QED) is 0.685. The molecule has 1 atom stereocenters. The first-order valence-electron chi connectivity index (χ1n) is 9.18. The first-order valence-corrected chi connectivity index (χ1v) is 9.18. The fraction of sp³-hybridized carbons (Fsp3) is 0.400. The largest absolute Gasteiger partial charge is 0.379 e. The number of imidazole rings is 1. The highest BCUT2D eigenvalue weighted by atomic mass is 16.5. The van der Waals surface area contributed by atoms with Crippen molar-refractivity contribution < 1.29 is 4.74 Å². The van der Waals surface area contributed by atoms with Crippen molar-refractivity contribution >= 4 is 0 Å². The number of ether oxygens (including phenoxy) is 1. The third kappa shape index (κ3) is 3.86.